The molecular formula is C16H28N2OS. The van der Waals surface area contributed by atoms with Crippen LogP contribution in [0.2, 0.25) is 0 Å². The molecule has 114 valence electrons. The number of carbonyl (C=O) groups excluding carboxylic acids is 1. The van der Waals surface area contributed by atoms with Crippen molar-refractivity contribution < 1.29 is 4.79 Å². The second kappa shape index (κ2) is 7.23. The number of hydrogen-bond acceptors (Lipinski definition) is 3. The number of rotatable bonds is 7. The topological polar surface area (TPSA) is 55.1 Å². The summed E-state index contributed by atoms with van der Waals surface area (Å²) in [6.45, 7) is 11.3. The van der Waals surface area contributed by atoms with Gasteiger partial charge < -0.3 is 11.1 Å². The van der Waals surface area contributed by atoms with Gasteiger partial charge in [0.15, 0.2) is 0 Å². The lowest BCUT2D eigenvalue weighted by Crippen LogP contribution is -2.28. The van der Waals surface area contributed by atoms with Crippen LogP contribution < -0.4 is 11.1 Å². The predicted molar refractivity (Wildman–Crippen MR) is 87.0 cm³/mol. The molecule has 1 atom stereocenters. The first-order chi connectivity index (χ1) is 9.25. The van der Waals surface area contributed by atoms with Crippen molar-refractivity contribution in [2.45, 2.75) is 59.9 Å². The van der Waals surface area contributed by atoms with E-state index in [-0.39, 0.29) is 17.4 Å². The quantitative estimate of drug-likeness (QED) is 0.806. The fraction of sp³-hybridized carbons (Fsp3) is 0.688. The normalized spacial score (nSPS) is 13.3. The second-order valence-electron chi connectivity index (χ2n) is 6.36. The molecular weight excluding hydrogens is 268 g/mol. The molecule has 0 saturated heterocycles. The van der Waals surface area contributed by atoms with Crippen molar-refractivity contribution in [3.63, 3.8) is 0 Å². The summed E-state index contributed by atoms with van der Waals surface area (Å²) < 4.78 is 0. The molecule has 0 radical (unpaired) electrons. The largest absolute Gasteiger partial charge is 0.350 e. The Labute approximate surface area is 127 Å². The molecule has 3 N–H and O–H groups in total. The van der Waals surface area contributed by atoms with Crippen LogP contribution >= 0.6 is 11.3 Å². The summed E-state index contributed by atoms with van der Waals surface area (Å²) in [5, 5.41) is 3.10. The Hall–Kier alpha value is -0.870. The van der Waals surface area contributed by atoms with Crippen molar-refractivity contribution in [2.75, 3.05) is 6.54 Å². The van der Waals surface area contributed by atoms with Crippen molar-refractivity contribution in [1.29, 1.82) is 0 Å². The number of nitrogens with two attached hydrogens (primary N) is 1. The first-order valence-corrected chi connectivity index (χ1v) is 8.13. The summed E-state index contributed by atoms with van der Waals surface area (Å²) in [5.74, 6) is 0.130. The summed E-state index contributed by atoms with van der Waals surface area (Å²) in [6, 6.07) is 2.26. The van der Waals surface area contributed by atoms with E-state index in [9.17, 15) is 4.79 Å². The fourth-order valence-electron chi connectivity index (χ4n) is 2.44. The number of aryl methyl sites for hydroxylation is 2. The van der Waals surface area contributed by atoms with Gasteiger partial charge in [-0.2, -0.15) is 0 Å². The first kappa shape index (κ1) is 17.2. The standard InChI is InChI=1S/C16H28N2OS/c1-11-10-14(13(3)20-11)12(2)18-15(19)6-7-16(4,5)8-9-17/h10,12H,6-9,17H2,1-5H3,(H,18,19). The zero-order valence-electron chi connectivity index (χ0n) is 13.4. The van der Waals surface area contributed by atoms with Gasteiger partial charge >= 0.3 is 0 Å². The van der Waals surface area contributed by atoms with E-state index in [1.54, 1.807) is 11.3 Å². The zero-order valence-corrected chi connectivity index (χ0v) is 14.2. The van der Waals surface area contributed by atoms with Gasteiger partial charge in [0.1, 0.15) is 0 Å². The maximum Gasteiger partial charge on any atom is 0.220 e. The molecule has 0 spiro atoms. The third-order valence-corrected chi connectivity index (χ3v) is 4.76. The lowest BCUT2D eigenvalue weighted by atomic mass is 9.84. The minimum atomic E-state index is 0.0880. The van der Waals surface area contributed by atoms with Gasteiger partial charge in [-0.1, -0.05) is 13.8 Å². The molecule has 0 aliphatic rings. The monoisotopic (exact) mass is 296 g/mol. The van der Waals surface area contributed by atoms with Crippen molar-refractivity contribution >= 4 is 17.2 Å². The van der Waals surface area contributed by atoms with E-state index in [1.165, 1.54) is 15.3 Å². The van der Waals surface area contributed by atoms with Gasteiger partial charge in [0.25, 0.3) is 0 Å². The van der Waals surface area contributed by atoms with Gasteiger partial charge in [-0.15, -0.1) is 11.3 Å². The Balaban J connectivity index is 2.48. The minimum absolute atomic E-state index is 0.0880. The Morgan fingerprint density at radius 3 is 2.55 bits per heavy atom. The van der Waals surface area contributed by atoms with Crippen LogP contribution in [0.25, 0.3) is 0 Å². The SMILES string of the molecule is Cc1cc(C(C)NC(=O)CCC(C)(C)CCN)c(C)s1. The first-order valence-electron chi connectivity index (χ1n) is 7.31. The summed E-state index contributed by atoms with van der Waals surface area (Å²) in [6.07, 6.45) is 2.41. The van der Waals surface area contributed by atoms with Crippen LogP contribution in [0.1, 0.15) is 61.4 Å². The molecule has 0 aliphatic carbocycles. The van der Waals surface area contributed by atoms with Crippen LogP contribution in [0.4, 0.5) is 0 Å². The molecule has 4 heteroatoms. The fourth-order valence-corrected chi connectivity index (χ4v) is 3.46. The molecule has 0 aliphatic heterocycles. The Bertz CT molecular complexity index is 451. The maximum atomic E-state index is 12.1. The maximum absolute atomic E-state index is 12.1. The molecule has 0 saturated carbocycles. The van der Waals surface area contributed by atoms with Gasteiger partial charge in [-0.25, -0.2) is 0 Å². The highest BCUT2D eigenvalue weighted by molar-refractivity contribution is 7.12. The van der Waals surface area contributed by atoms with Crippen molar-refractivity contribution in [3.05, 3.63) is 21.4 Å². The van der Waals surface area contributed by atoms with E-state index in [1.807, 2.05) is 0 Å². The number of nitrogens with one attached hydrogen (secondary N) is 1. The van der Waals surface area contributed by atoms with E-state index in [2.05, 4.69) is 46.0 Å². The molecule has 0 fully saturated rings. The van der Waals surface area contributed by atoms with E-state index in [0.717, 1.165) is 12.8 Å². The zero-order chi connectivity index (χ0) is 15.3. The number of amides is 1. The van der Waals surface area contributed by atoms with E-state index < -0.39 is 0 Å². The summed E-state index contributed by atoms with van der Waals surface area (Å²) in [4.78, 5) is 14.6. The highest BCUT2D eigenvalue weighted by atomic mass is 32.1. The highest BCUT2D eigenvalue weighted by Crippen LogP contribution is 2.28. The Morgan fingerprint density at radius 1 is 1.40 bits per heavy atom. The third kappa shape index (κ3) is 5.25. The van der Waals surface area contributed by atoms with Crippen LogP contribution in [0.3, 0.4) is 0 Å². The molecule has 1 aromatic rings. The average Bonchev–Trinajstić information content (AvgIpc) is 2.66. The Morgan fingerprint density at radius 2 is 2.05 bits per heavy atom. The number of thiophene rings is 1. The third-order valence-electron chi connectivity index (χ3n) is 3.77. The van der Waals surface area contributed by atoms with Crippen LogP contribution in [0, 0.1) is 19.3 Å². The molecule has 1 unspecified atom stereocenters. The summed E-state index contributed by atoms with van der Waals surface area (Å²) >= 11 is 1.78. The van der Waals surface area contributed by atoms with Gasteiger partial charge in [0.2, 0.25) is 5.91 Å². The van der Waals surface area contributed by atoms with Crippen LogP contribution in [0.15, 0.2) is 6.07 Å². The number of hydrogen-bond donors (Lipinski definition) is 2. The van der Waals surface area contributed by atoms with Crippen molar-refractivity contribution in [1.82, 2.24) is 5.32 Å². The second-order valence-corrected chi connectivity index (χ2v) is 7.82. The lowest BCUT2D eigenvalue weighted by molar-refractivity contribution is -0.122. The Kier molecular flexibility index (Phi) is 6.21. The molecule has 3 nitrogen and oxygen atoms in total. The molecule has 1 amide bonds. The van der Waals surface area contributed by atoms with Crippen LogP contribution in [-0.4, -0.2) is 12.5 Å². The molecule has 1 rings (SSSR count). The molecule has 20 heavy (non-hydrogen) atoms. The predicted octanol–water partition coefficient (Wildman–Crippen LogP) is 3.70. The molecule has 1 aromatic heterocycles. The minimum Gasteiger partial charge on any atom is -0.350 e. The molecule has 0 bridgehead atoms. The average molecular weight is 296 g/mol. The lowest BCUT2D eigenvalue weighted by Gasteiger charge is -2.24. The van der Waals surface area contributed by atoms with Gasteiger partial charge in [0.05, 0.1) is 6.04 Å². The molecule has 0 aromatic carbocycles. The van der Waals surface area contributed by atoms with Gasteiger partial charge in [0, 0.05) is 16.2 Å². The highest BCUT2D eigenvalue weighted by Gasteiger charge is 2.19. The van der Waals surface area contributed by atoms with E-state index >= 15 is 0 Å². The van der Waals surface area contributed by atoms with Crippen LogP contribution in [-0.2, 0) is 4.79 Å². The van der Waals surface area contributed by atoms with E-state index in [0.29, 0.717) is 13.0 Å². The molecule has 1 heterocycles. The van der Waals surface area contributed by atoms with Crippen molar-refractivity contribution in [3.8, 4) is 0 Å². The smallest absolute Gasteiger partial charge is 0.220 e. The summed E-state index contributed by atoms with van der Waals surface area (Å²) in [7, 11) is 0. The van der Waals surface area contributed by atoms with Gasteiger partial charge in [-0.05, 0) is 57.2 Å². The van der Waals surface area contributed by atoms with Gasteiger partial charge in [-0.3, -0.25) is 4.79 Å². The summed E-state index contributed by atoms with van der Waals surface area (Å²) in [5.41, 5.74) is 6.98. The van der Waals surface area contributed by atoms with E-state index in [4.69, 9.17) is 5.73 Å². The van der Waals surface area contributed by atoms with Crippen LogP contribution in [0.5, 0.6) is 0 Å². The number of carbonyl (C=O) groups is 1. The van der Waals surface area contributed by atoms with Crippen molar-refractivity contribution in [2.24, 2.45) is 11.1 Å².